The van der Waals surface area contributed by atoms with Gasteiger partial charge in [0.1, 0.15) is 11.5 Å². The van der Waals surface area contributed by atoms with E-state index in [9.17, 15) is 9.50 Å². The van der Waals surface area contributed by atoms with Gasteiger partial charge in [0.2, 0.25) is 0 Å². The van der Waals surface area contributed by atoms with Crippen LogP contribution in [0, 0.1) is 5.82 Å². The third-order valence-corrected chi connectivity index (χ3v) is 3.31. The highest BCUT2D eigenvalue weighted by atomic mass is 35.5. The van der Waals surface area contributed by atoms with Crippen LogP contribution in [0.1, 0.15) is 5.56 Å². The molecule has 2 N–H and O–H groups in total. The number of phenols is 1. The Balaban J connectivity index is 2.13. The average molecular weight is 316 g/mol. The van der Waals surface area contributed by atoms with Crippen molar-refractivity contribution < 1.29 is 14.2 Å². The second-order valence-electron chi connectivity index (χ2n) is 4.10. The van der Waals surface area contributed by atoms with Crippen molar-refractivity contribution in [2.75, 3.05) is 12.4 Å². The van der Waals surface area contributed by atoms with Gasteiger partial charge in [0, 0.05) is 23.9 Å². The Morgan fingerprint density at radius 1 is 1.20 bits per heavy atom. The number of methoxy groups -OCH3 is 1. The van der Waals surface area contributed by atoms with Gasteiger partial charge < -0.3 is 15.2 Å². The topological polar surface area (TPSA) is 41.5 Å². The molecule has 0 bridgehead atoms. The van der Waals surface area contributed by atoms with Gasteiger partial charge in [-0.25, -0.2) is 4.39 Å². The van der Waals surface area contributed by atoms with Crippen LogP contribution in [0.25, 0.3) is 0 Å². The number of nitrogens with one attached hydrogen (secondary N) is 1. The van der Waals surface area contributed by atoms with Crippen molar-refractivity contribution >= 4 is 28.9 Å². The summed E-state index contributed by atoms with van der Waals surface area (Å²) >= 11 is 11.4. The Labute approximate surface area is 125 Å². The molecule has 0 aliphatic heterocycles. The van der Waals surface area contributed by atoms with Gasteiger partial charge >= 0.3 is 0 Å². The molecule has 0 fully saturated rings. The van der Waals surface area contributed by atoms with Gasteiger partial charge in [-0.15, -0.1) is 0 Å². The zero-order valence-corrected chi connectivity index (χ0v) is 12.1. The van der Waals surface area contributed by atoms with Crippen LogP contribution >= 0.6 is 23.2 Å². The van der Waals surface area contributed by atoms with Crippen LogP contribution in [0.5, 0.6) is 11.5 Å². The molecule has 0 aromatic heterocycles. The summed E-state index contributed by atoms with van der Waals surface area (Å²) < 4.78 is 18.3. The summed E-state index contributed by atoms with van der Waals surface area (Å²) in [6.45, 7) is 0.341. The van der Waals surface area contributed by atoms with Gasteiger partial charge in [0.05, 0.1) is 17.2 Å². The molecule has 0 unspecified atom stereocenters. The molecule has 6 heteroatoms. The highest BCUT2D eigenvalue weighted by Crippen LogP contribution is 2.29. The van der Waals surface area contributed by atoms with Crippen LogP contribution < -0.4 is 10.1 Å². The summed E-state index contributed by atoms with van der Waals surface area (Å²) in [7, 11) is 1.52. The summed E-state index contributed by atoms with van der Waals surface area (Å²) in [6, 6.07) is 7.85. The first-order chi connectivity index (χ1) is 9.51. The molecule has 0 heterocycles. The quantitative estimate of drug-likeness (QED) is 0.818. The fraction of sp³-hybridized carbons (Fsp3) is 0.143. The van der Waals surface area contributed by atoms with Gasteiger partial charge in [-0.05, 0) is 24.3 Å². The van der Waals surface area contributed by atoms with E-state index in [0.717, 1.165) is 0 Å². The zero-order chi connectivity index (χ0) is 14.7. The van der Waals surface area contributed by atoms with Crippen molar-refractivity contribution in [3.8, 4) is 11.5 Å². The van der Waals surface area contributed by atoms with Crippen LogP contribution in [0.3, 0.4) is 0 Å². The van der Waals surface area contributed by atoms with Crippen LogP contribution in [0.2, 0.25) is 10.0 Å². The lowest BCUT2D eigenvalue weighted by molar-refractivity contribution is 0.406. The summed E-state index contributed by atoms with van der Waals surface area (Å²) in [5, 5.41) is 12.7. The molecule has 0 saturated carbocycles. The number of aromatic hydroxyl groups is 1. The largest absolute Gasteiger partial charge is 0.507 e. The molecular formula is C14H12Cl2FNO2. The minimum Gasteiger partial charge on any atom is -0.507 e. The highest BCUT2D eigenvalue weighted by Gasteiger charge is 2.08. The van der Waals surface area contributed by atoms with E-state index in [1.54, 1.807) is 12.1 Å². The number of phenolic OH excluding ortho intramolecular Hbond substituents is 1. The van der Waals surface area contributed by atoms with Crippen LogP contribution in [-0.4, -0.2) is 12.2 Å². The van der Waals surface area contributed by atoms with E-state index in [2.05, 4.69) is 5.32 Å². The maximum Gasteiger partial charge on any atom is 0.160 e. The van der Waals surface area contributed by atoms with Crippen molar-refractivity contribution in [1.29, 1.82) is 0 Å². The molecule has 20 heavy (non-hydrogen) atoms. The van der Waals surface area contributed by atoms with E-state index >= 15 is 0 Å². The predicted molar refractivity (Wildman–Crippen MR) is 78.4 cm³/mol. The maximum absolute atomic E-state index is 13.3. The van der Waals surface area contributed by atoms with E-state index in [1.807, 2.05) is 0 Å². The number of ether oxygens (including phenoxy) is 1. The Kier molecular flexibility index (Phi) is 4.57. The Morgan fingerprint density at radius 2 is 1.85 bits per heavy atom. The number of benzene rings is 2. The first kappa shape index (κ1) is 14.8. The number of hydrogen-bond acceptors (Lipinski definition) is 3. The number of halogens is 3. The fourth-order valence-electron chi connectivity index (χ4n) is 1.67. The van der Waals surface area contributed by atoms with Gasteiger partial charge in [0.15, 0.2) is 5.82 Å². The predicted octanol–water partition coefficient (Wildman–Crippen LogP) is 4.46. The van der Waals surface area contributed by atoms with Crippen molar-refractivity contribution in [2.24, 2.45) is 0 Å². The van der Waals surface area contributed by atoms with Gasteiger partial charge in [-0.3, -0.25) is 0 Å². The molecule has 0 radical (unpaired) electrons. The van der Waals surface area contributed by atoms with Crippen molar-refractivity contribution in [1.82, 2.24) is 0 Å². The fourth-order valence-corrected chi connectivity index (χ4v) is 2.16. The third kappa shape index (κ3) is 3.26. The second-order valence-corrected chi connectivity index (χ2v) is 4.92. The number of rotatable bonds is 4. The molecule has 0 spiro atoms. The molecule has 106 valence electrons. The van der Waals surface area contributed by atoms with E-state index in [1.165, 1.54) is 25.3 Å². The molecule has 0 amide bonds. The molecule has 3 nitrogen and oxygen atoms in total. The van der Waals surface area contributed by atoms with Gasteiger partial charge in [-0.2, -0.15) is 0 Å². The molecule has 0 atom stereocenters. The maximum atomic E-state index is 13.3. The monoisotopic (exact) mass is 315 g/mol. The molecule has 2 rings (SSSR count). The summed E-state index contributed by atoms with van der Waals surface area (Å²) in [6.07, 6.45) is 0. The lowest BCUT2D eigenvalue weighted by atomic mass is 10.2. The molecule has 2 aromatic rings. The van der Waals surface area contributed by atoms with E-state index in [4.69, 9.17) is 27.9 Å². The van der Waals surface area contributed by atoms with Crippen LogP contribution in [0.15, 0.2) is 30.3 Å². The number of anilines is 1. The molecule has 0 aliphatic rings. The Morgan fingerprint density at radius 3 is 2.40 bits per heavy atom. The van der Waals surface area contributed by atoms with Crippen molar-refractivity contribution in [3.05, 3.63) is 51.8 Å². The van der Waals surface area contributed by atoms with Gasteiger partial charge in [-0.1, -0.05) is 23.2 Å². The highest BCUT2D eigenvalue weighted by molar-refractivity contribution is 6.35. The molecular weight excluding hydrogens is 304 g/mol. The normalized spacial score (nSPS) is 10.4. The first-order valence-electron chi connectivity index (χ1n) is 5.75. The van der Waals surface area contributed by atoms with Crippen LogP contribution in [-0.2, 0) is 6.54 Å². The Hall–Kier alpha value is -1.65. The minimum absolute atomic E-state index is 0.0565. The standard InChI is InChI=1S/C14H12Cl2FNO2/c1-20-10-3-2-8(13(19)6-10)7-18-9-4-11(15)14(17)12(16)5-9/h2-6,18-19H,7H2,1H3. The molecule has 0 saturated heterocycles. The third-order valence-electron chi connectivity index (χ3n) is 2.76. The molecule has 0 aliphatic carbocycles. The smallest absolute Gasteiger partial charge is 0.160 e. The van der Waals surface area contributed by atoms with Crippen molar-refractivity contribution in [2.45, 2.75) is 6.54 Å². The van der Waals surface area contributed by atoms with Crippen LogP contribution in [0.4, 0.5) is 10.1 Å². The summed E-state index contributed by atoms with van der Waals surface area (Å²) in [4.78, 5) is 0. The van der Waals surface area contributed by atoms with E-state index < -0.39 is 5.82 Å². The lowest BCUT2D eigenvalue weighted by Gasteiger charge is -2.10. The van der Waals surface area contributed by atoms with Crippen molar-refractivity contribution in [3.63, 3.8) is 0 Å². The SMILES string of the molecule is COc1ccc(CNc2cc(Cl)c(F)c(Cl)c2)c(O)c1. The minimum atomic E-state index is -0.647. The second kappa shape index (κ2) is 6.20. The van der Waals surface area contributed by atoms with E-state index in [-0.39, 0.29) is 15.8 Å². The number of hydrogen-bond donors (Lipinski definition) is 2. The average Bonchev–Trinajstić information content (AvgIpc) is 2.43. The molecule has 2 aromatic carbocycles. The van der Waals surface area contributed by atoms with Gasteiger partial charge in [0.25, 0.3) is 0 Å². The zero-order valence-electron chi connectivity index (χ0n) is 10.6. The summed E-state index contributed by atoms with van der Waals surface area (Å²) in [5.74, 6) is 0.0291. The summed E-state index contributed by atoms with van der Waals surface area (Å²) in [5.41, 5.74) is 1.24. The lowest BCUT2D eigenvalue weighted by Crippen LogP contribution is -2.00. The Bertz CT molecular complexity index is 612. The van der Waals surface area contributed by atoms with E-state index in [0.29, 0.717) is 23.5 Å². The first-order valence-corrected chi connectivity index (χ1v) is 6.51.